The molecule has 0 unspecified atom stereocenters. The van der Waals surface area contributed by atoms with Crippen molar-refractivity contribution in [3.05, 3.63) is 24.0 Å². The first-order valence-electron chi connectivity index (χ1n) is 3.59. The van der Waals surface area contributed by atoms with Gasteiger partial charge >= 0.3 is 0 Å². The number of aliphatic hydroxyl groups is 1. The average Bonchev–Trinajstić information content (AvgIpc) is 2.01. The van der Waals surface area contributed by atoms with E-state index in [0.29, 0.717) is 11.4 Å². The SMILES string of the molecule is C[C@H](O)C#Cc1cc(N)ccn1. The number of aliphatic hydroxyl groups excluding tert-OH is 1. The van der Waals surface area contributed by atoms with E-state index in [2.05, 4.69) is 16.8 Å². The second-order valence-electron chi connectivity index (χ2n) is 2.42. The summed E-state index contributed by atoms with van der Waals surface area (Å²) in [6.07, 6.45) is 0.953. The van der Waals surface area contributed by atoms with Crippen LogP contribution in [0.15, 0.2) is 18.3 Å². The molecule has 0 aliphatic carbocycles. The van der Waals surface area contributed by atoms with E-state index in [4.69, 9.17) is 10.8 Å². The van der Waals surface area contributed by atoms with Crippen LogP contribution < -0.4 is 5.73 Å². The molecule has 0 spiro atoms. The molecule has 0 saturated heterocycles. The van der Waals surface area contributed by atoms with Crippen molar-refractivity contribution in [2.45, 2.75) is 13.0 Å². The lowest BCUT2D eigenvalue weighted by atomic mass is 10.3. The Bertz CT molecular complexity index is 323. The van der Waals surface area contributed by atoms with Gasteiger partial charge in [-0.05, 0) is 25.0 Å². The summed E-state index contributed by atoms with van der Waals surface area (Å²) < 4.78 is 0. The summed E-state index contributed by atoms with van der Waals surface area (Å²) in [4.78, 5) is 3.95. The first-order valence-corrected chi connectivity index (χ1v) is 3.59. The number of aromatic nitrogens is 1. The highest BCUT2D eigenvalue weighted by molar-refractivity contribution is 5.42. The molecule has 1 atom stereocenters. The molecule has 0 saturated carbocycles. The first-order chi connectivity index (χ1) is 5.68. The standard InChI is InChI=1S/C9H10N2O/c1-7(12)2-3-9-6-8(10)4-5-11-9/h4-7,12H,1H3,(H2,10,11)/t7-/m0/s1. The summed E-state index contributed by atoms with van der Waals surface area (Å²) in [7, 11) is 0. The molecule has 0 aromatic carbocycles. The summed E-state index contributed by atoms with van der Waals surface area (Å²) in [5.74, 6) is 5.27. The fourth-order valence-electron chi connectivity index (χ4n) is 0.694. The van der Waals surface area contributed by atoms with Gasteiger partial charge in [-0.3, -0.25) is 0 Å². The van der Waals surface area contributed by atoms with Gasteiger partial charge in [0.15, 0.2) is 0 Å². The number of rotatable bonds is 0. The number of hydrogen-bond acceptors (Lipinski definition) is 3. The van der Waals surface area contributed by atoms with Crippen molar-refractivity contribution in [1.82, 2.24) is 4.98 Å². The van der Waals surface area contributed by atoms with Crippen LogP contribution >= 0.6 is 0 Å². The maximum atomic E-state index is 8.85. The molecule has 0 aliphatic rings. The molecule has 0 radical (unpaired) electrons. The van der Waals surface area contributed by atoms with Gasteiger partial charge in [-0.1, -0.05) is 5.92 Å². The van der Waals surface area contributed by atoms with Gasteiger partial charge in [0, 0.05) is 11.9 Å². The monoisotopic (exact) mass is 162 g/mol. The normalized spacial score (nSPS) is 11.5. The summed E-state index contributed by atoms with van der Waals surface area (Å²) in [5, 5.41) is 8.85. The van der Waals surface area contributed by atoms with E-state index in [1.165, 1.54) is 0 Å². The third-order valence-corrected chi connectivity index (χ3v) is 1.19. The Morgan fingerprint density at radius 2 is 2.42 bits per heavy atom. The number of nitrogens with zero attached hydrogens (tertiary/aromatic N) is 1. The Morgan fingerprint density at radius 3 is 3.00 bits per heavy atom. The molecule has 0 bridgehead atoms. The summed E-state index contributed by atoms with van der Waals surface area (Å²) in [6.45, 7) is 1.60. The first kappa shape index (κ1) is 8.57. The minimum Gasteiger partial charge on any atom is -0.399 e. The summed E-state index contributed by atoms with van der Waals surface area (Å²) in [5.41, 5.74) is 6.70. The van der Waals surface area contributed by atoms with Crippen molar-refractivity contribution < 1.29 is 5.11 Å². The lowest BCUT2D eigenvalue weighted by Crippen LogP contribution is -1.94. The quantitative estimate of drug-likeness (QED) is 0.543. The smallest absolute Gasteiger partial charge is 0.115 e. The van der Waals surface area contributed by atoms with Crippen LogP contribution in [-0.2, 0) is 0 Å². The predicted octanol–water partition coefficient (Wildman–Crippen LogP) is 0.396. The Morgan fingerprint density at radius 1 is 1.67 bits per heavy atom. The summed E-state index contributed by atoms with van der Waals surface area (Å²) >= 11 is 0. The van der Waals surface area contributed by atoms with E-state index >= 15 is 0 Å². The second-order valence-corrected chi connectivity index (χ2v) is 2.42. The molecule has 0 amide bonds. The Hall–Kier alpha value is -1.53. The molecule has 1 rings (SSSR count). The molecule has 0 fully saturated rings. The van der Waals surface area contributed by atoms with Gasteiger partial charge in [0.2, 0.25) is 0 Å². The molecule has 3 heteroatoms. The van der Waals surface area contributed by atoms with Crippen LogP contribution in [0, 0.1) is 11.8 Å². The van der Waals surface area contributed by atoms with Gasteiger partial charge in [-0.2, -0.15) is 0 Å². The van der Waals surface area contributed by atoms with Crippen molar-refractivity contribution in [3.63, 3.8) is 0 Å². The highest BCUT2D eigenvalue weighted by Gasteiger charge is 1.89. The lowest BCUT2D eigenvalue weighted by molar-refractivity contribution is 0.253. The zero-order valence-corrected chi connectivity index (χ0v) is 6.78. The third kappa shape index (κ3) is 2.60. The van der Waals surface area contributed by atoms with Crippen molar-refractivity contribution in [1.29, 1.82) is 0 Å². The van der Waals surface area contributed by atoms with Crippen LogP contribution in [0.25, 0.3) is 0 Å². The van der Waals surface area contributed by atoms with Crippen LogP contribution in [0.4, 0.5) is 5.69 Å². The van der Waals surface area contributed by atoms with Crippen molar-refractivity contribution in [3.8, 4) is 11.8 Å². The van der Waals surface area contributed by atoms with E-state index in [1.807, 2.05) is 0 Å². The number of nitrogens with two attached hydrogens (primary N) is 1. The number of hydrogen-bond donors (Lipinski definition) is 2. The van der Waals surface area contributed by atoms with Gasteiger partial charge in [-0.15, -0.1) is 0 Å². The van der Waals surface area contributed by atoms with Gasteiger partial charge in [0.1, 0.15) is 11.8 Å². The largest absolute Gasteiger partial charge is 0.399 e. The van der Waals surface area contributed by atoms with Crippen LogP contribution in [0.5, 0.6) is 0 Å². The number of pyridine rings is 1. The van der Waals surface area contributed by atoms with Gasteiger partial charge in [0.05, 0.1) is 0 Å². The zero-order chi connectivity index (χ0) is 8.97. The van der Waals surface area contributed by atoms with Gasteiger partial charge in [0.25, 0.3) is 0 Å². The van der Waals surface area contributed by atoms with Crippen LogP contribution in [-0.4, -0.2) is 16.2 Å². The molecule has 3 nitrogen and oxygen atoms in total. The van der Waals surface area contributed by atoms with E-state index < -0.39 is 6.10 Å². The van der Waals surface area contributed by atoms with Crippen LogP contribution in [0.3, 0.4) is 0 Å². The Kier molecular flexibility index (Phi) is 2.67. The maximum Gasteiger partial charge on any atom is 0.115 e. The van der Waals surface area contributed by atoms with E-state index in [9.17, 15) is 0 Å². The number of nitrogen functional groups attached to an aromatic ring is 1. The topological polar surface area (TPSA) is 59.1 Å². The molecular formula is C9H10N2O. The second kappa shape index (κ2) is 3.74. The zero-order valence-electron chi connectivity index (χ0n) is 6.78. The fourth-order valence-corrected chi connectivity index (χ4v) is 0.694. The fraction of sp³-hybridized carbons (Fsp3) is 0.222. The van der Waals surface area contributed by atoms with Crippen LogP contribution in [0.1, 0.15) is 12.6 Å². The van der Waals surface area contributed by atoms with Gasteiger partial charge < -0.3 is 10.8 Å². The van der Waals surface area contributed by atoms with E-state index in [-0.39, 0.29) is 0 Å². The molecule has 3 N–H and O–H groups in total. The predicted molar refractivity (Wildman–Crippen MR) is 47.2 cm³/mol. The summed E-state index contributed by atoms with van der Waals surface area (Å²) in [6, 6.07) is 3.35. The molecule has 1 aromatic rings. The van der Waals surface area contributed by atoms with Crippen LogP contribution in [0.2, 0.25) is 0 Å². The average molecular weight is 162 g/mol. The molecule has 1 aromatic heterocycles. The van der Waals surface area contributed by atoms with Crippen molar-refractivity contribution >= 4 is 5.69 Å². The Labute approximate surface area is 71.2 Å². The molecule has 0 aliphatic heterocycles. The molecule has 1 heterocycles. The minimum atomic E-state index is -0.631. The molecular weight excluding hydrogens is 152 g/mol. The Balaban J connectivity index is 2.85. The maximum absolute atomic E-state index is 8.85. The third-order valence-electron chi connectivity index (χ3n) is 1.19. The molecule has 12 heavy (non-hydrogen) atoms. The highest BCUT2D eigenvalue weighted by Crippen LogP contribution is 2.00. The highest BCUT2D eigenvalue weighted by atomic mass is 16.3. The van der Waals surface area contributed by atoms with E-state index in [1.54, 1.807) is 25.3 Å². The lowest BCUT2D eigenvalue weighted by Gasteiger charge is -1.92. The van der Waals surface area contributed by atoms with Crippen molar-refractivity contribution in [2.24, 2.45) is 0 Å². The van der Waals surface area contributed by atoms with Gasteiger partial charge in [-0.25, -0.2) is 4.98 Å². The number of anilines is 1. The van der Waals surface area contributed by atoms with Crippen molar-refractivity contribution in [2.75, 3.05) is 5.73 Å². The molecule has 62 valence electrons. The minimum absolute atomic E-state index is 0.580. The van der Waals surface area contributed by atoms with E-state index in [0.717, 1.165) is 0 Å².